The minimum atomic E-state index is -0.744. The van der Waals surface area contributed by atoms with E-state index in [1.807, 2.05) is 11.8 Å². The average Bonchev–Trinajstić information content (AvgIpc) is 2.13. The topological polar surface area (TPSA) is 60.9 Å². The molecule has 1 aliphatic carbocycles. The van der Waals surface area contributed by atoms with Crippen LogP contribution in [0.25, 0.3) is 0 Å². The van der Waals surface area contributed by atoms with E-state index in [-0.39, 0.29) is 17.9 Å². The molecule has 0 radical (unpaired) electrons. The highest BCUT2D eigenvalue weighted by Crippen LogP contribution is 2.32. The molecule has 1 amide bonds. The van der Waals surface area contributed by atoms with Crippen LogP contribution in [0.1, 0.15) is 19.8 Å². The van der Waals surface area contributed by atoms with Crippen LogP contribution < -0.4 is 0 Å². The maximum absolute atomic E-state index is 11.6. The lowest BCUT2D eigenvalue weighted by atomic mass is 9.78. The highest BCUT2D eigenvalue weighted by atomic mass is 16.4. The molecule has 0 aromatic rings. The van der Waals surface area contributed by atoms with Gasteiger partial charge in [0.05, 0.1) is 12.5 Å². The minimum absolute atomic E-state index is 0.0258. The van der Waals surface area contributed by atoms with E-state index in [1.165, 1.54) is 4.90 Å². The van der Waals surface area contributed by atoms with Crippen LogP contribution in [0.4, 0.5) is 0 Å². The molecule has 0 saturated heterocycles. The number of nitrogens with zero attached hydrogens (tertiary/aromatic N) is 2. The summed E-state index contributed by atoms with van der Waals surface area (Å²) >= 11 is 0. The molecule has 0 aromatic heterocycles. The molecule has 92 valence electrons. The first-order valence-corrected chi connectivity index (χ1v) is 5.64. The summed E-state index contributed by atoms with van der Waals surface area (Å²) in [5.74, 6) is -1.01. The maximum Gasteiger partial charge on any atom is 0.308 e. The van der Waals surface area contributed by atoms with Crippen molar-refractivity contribution in [2.24, 2.45) is 5.92 Å². The molecule has 1 fully saturated rings. The van der Waals surface area contributed by atoms with Crippen molar-refractivity contribution in [2.45, 2.75) is 25.8 Å². The van der Waals surface area contributed by atoms with E-state index >= 15 is 0 Å². The molecule has 1 N–H and O–H groups in total. The van der Waals surface area contributed by atoms with Crippen LogP contribution in [0, 0.1) is 5.92 Å². The first-order valence-electron chi connectivity index (χ1n) is 5.64. The lowest BCUT2D eigenvalue weighted by Gasteiger charge is -2.41. The molecule has 1 aliphatic rings. The van der Waals surface area contributed by atoms with E-state index in [0.717, 1.165) is 12.8 Å². The lowest BCUT2D eigenvalue weighted by Crippen LogP contribution is -2.52. The SMILES string of the molecule is CCN(CC(=O)N(C)C)C1CCC1C(=O)O. The van der Waals surface area contributed by atoms with Gasteiger partial charge in [-0.25, -0.2) is 0 Å². The molecule has 2 unspecified atom stereocenters. The highest BCUT2D eigenvalue weighted by Gasteiger charge is 2.40. The highest BCUT2D eigenvalue weighted by molar-refractivity contribution is 5.78. The van der Waals surface area contributed by atoms with Crippen molar-refractivity contribution in [3.63, 3.8) is 0 Å². The standard InChI is InChI=1S/C11H20N2O3/c1-4-13(7-10(14)12(2)3)9-6-5-8(9)11(15)16/h8-9H,4-7H2,1-3H3,(H,15,16). The van der Waals surface area contributed by atoms with E-state index in [9.17, 15) is 9.59 Å². The van der Waals surface area contributed by atoms with Gasteiger partial charge in [0.2, 0.25) is 5.91 Å². The predicted molar refractivity (Wildman–Crippen MR) is 60.1 cm³/mol. The number of rotatable bonds is 5. The van der Waals surface area contributed by atoms with Crippen LogP contribution in [0.3, 0.4) is 0 Å². The summed E-state index contributed by atoms with van der Waals surface area (Å²) in [5.41, 5.74) is 0. The van der Waals surface area contributed by atoms with Crippen LogP contribution >= 0.6 is 0 Å². The Bertz CT molecular complexity index is 278. The van der Waals surface area contributed by atoms with E-state index in [4.69, 9.17) is 5.11 Å². The average molecular weight is 228 g/mol. The number of aliphatic carboxylic acids is 1. The van der Waals surface area contributed by atoms with Gasteiger partial charge in [-0.15, -0.1) is 0 Å². The number of carboxylic acids is 1. The zero-order valence-corrected chi connectivity index (χ0v) is 10.1. The van der Waals surface area contributed by atoms with Crippen LogP contribution in [-0.4, -0.2) is 60.0 Å². The van der Waals surface area contributed by atoms with E-state index in [2.05, 4.69) is 0 Å². The van der Waals surface area contributed by atoms with Gasteiger partial charge in [-0.1, -0.05) is 6.92 Å². The maximum atomic E-state index is 11.6. The zero-order chi connectivity index (χ0) is 12.3. The van der Waals surface area contributed by atoms with Crippen LogP contribution in [0.2, 0.25) is 0 Å². The molecule has 1 saturated carbocycles. The molecule has 16 heavy (non-hydrogen) atoms. The van der Waals surface area contributed by atoms with Crippen molar-refractivity contribution in [2.75, 3.05) is 27.2 Å². The molecular weight excluding hydrogens is 208 g/mol. The summed E-state index contributed by atoms with van der Waals surface area (Å²) in [7, 11) is 3.43. The van der Waals surface area contributed by atoms with Crippen molar-refractivity contribution < 1.29 is 14.7 Å². The number of likely N-dealkylation sites (N-methyl/N-ethyl adjacent to an activating group) is 2. The molecule has 5 nitrogen and oxygen atoms in total. The summed E-state index contributed by atoms with van der Waals surface area (Å²) in [6.07, 6.45) is 1.61. The quantitative estimate of drug-likeness (QED) is 0.733. The van der Waals surface area contributed by atoms with E-state index < -0.39 is 5.97 Å². The number of carbonyl (C=O) groups is 2. The first-order chi connectivity index (χ1) is 7.47. The number of hydrogen-bond acceptors (Lipinski definition) is 3. The molecule has 0 aromatic carbocycles. The third-order valence-corrected chi connectivity index (χ3v) is 3.27. The van der Waals surface area contributed by atoms with Crippen LogP contribution in [-0.2, 0) is 9.59 Å². The molecule has 0 bridgehead atoms. The summed E-state index contributed by atoms with van der Waals surface area (Å²) in [6, 6.07) is 0.0337. The molecule has 0 spiro atoms. The van der Waals surface area contributed by atoms with Gasteiger partial charge in [0.1, 0.15) is 0 Å². The zero-order valence-electron chi connectivity index (χ0n) is 10.1. The van der Waals surface area contributed by atoms with Crippen LogP contribution in [0.5, 0.6) is 0 Å². The van der Waals surface area contributed by atoms with Gasteiger partial charge in [0, 0.05) is 20.1 Å². The van der Waals surface area contributed by atoms with Crippen LogP contribution in [0.15, 0.2) is 0 Å². The Morgan fingerprint density at radius 2 is 1.94 bits per heavy atom. The summed E-state index contributed by atoms with van der Waals surface area (Å²) in [4.78, 5) is 26.0. The number of carbonyl (C=O) groups excluding carboxylic acids is 1. The Kier molecular flexibility index (Phi) is 4.29. The van der Waals surface area contributed by atoms with E-state index in [1.54, 1.807) is 14.1 Å². The van der Waals surface area contributed by atoms with Crippen molar-refractivity contribution in [1.82, 2.24) is 9.80 Å². The van der Waals surface area contributed by atoms with Gasteiger partial charge < -0.3 is 10.0 Å². The monoisotopic (exact) mass is 228 g/mol. The van der Waals surface area contributed by atoms with Gasteiger partial charge in [-0.05, 0) is 19.4 Å². The van der Waals surface area contributed by atoms with Crippen molar-refractivity contribution in [3.8, 4) is 0 Å². The smallest absolute Gasteiger partial charge is 0.308 e. The van der Waals surface area contributed by atoms with Gasteiger partial charge >= 0.3 is 5.97 Å². The molecule has 1 rings (SSSR count). The van der Waals surface area contributed by atoms with Gasteiger partial charge in [0.25, 0.3) is 0 Å². The Balaban J connectivity index is 2.55. The Labute approximate surface area is 96.0 Å². The Morgan fingerprint density at radius 3 is 2.25 bits per heavy atom. The minimum Gasteiger partial charge on any atom is -0.481 e. The second-order valence-electron chi connectivity index (χ2n) is 4.44. The second kappa shape index (κ2) is 5.30. The largest absolute Gasteiger partial charge is 0.481 e. The molecular formula is C11H20N2O3. The summed E-state index contributed by atoms with van der Waals surface area (Å²) in [5, 5.41) is 8.97. The molecule has 0 aliphatic heterocycles. The van der Waals surface area contributed by atoms with Gasteiger partial charge in [0.15, 0.2) is 0 Å². The normalized spacial score (nSPS) is 24.0. The summed E-state index contributed by atoms with van der Waals surface area (Å²) in [6.45, 7) is 2.99. The fourth-order valence-electron chi connectivity index (χ4n) is 1.99. The third kappa shape index (κ3) is 2.72. The Hall–Kier alpha value is -1.10. The fraction of sp³-hybridized carbons (Fsp3) is 0.818. The van der Waals surface area contributed by atoms with Gasteiger partial charge in [-0.3, -0.25) is 14.5 Å². The molecule has 5 heteroatoms. The Morgan fingerprint density at radius 1 is 1.31 bits per heavy atom. The third-order valence-electron chi connectivity index (χ3n) is 3.27. The molecule has 2 atom stereocenters. The van der Waals surface area contributed by atoms with Crippen molar-refractivity contribution in [3.05, 3.63) is 0 Å². The fourth-order valence-corrected chi connectivity index (χ4v) is 1.99. The summed E-state index contributed by atoms with van der Waals surface area (Å²) < 4.78 is 0. The second-order valence-corrected chi connectivity index (χ2v) is 4.44. The first kappa shape index (κ1) is 13.0. The van der Waals surface area contributed by atoms with Crippen molar-refractivity contribution >= 4 is 11.9 Å². The van der Waals surface area contributed by atoms with Crippen molar-refractivity contribution in [1.29, 1.82) is 0 Å². The molecule has 0 heterocycles. The van der Waals surface area contributed by atoms with E-state index in [0.29, 0.717) is 13.1 Å². The number of hydrogen-bond donors (Lipinski definition) is 1. The lowest BCUT2D eigenvalue weighted by molar-refractivity contribution is -0.150. The number of carboxylic acid groups (broad SMARTS) is 1. The number of amides is 1. The predicted octanol–water partition coefficient (Wildman–Crippen LogP) is 0.260. The van der Waals surface area contributed by atoms with Gasteiger partial charge in [-0.2, -0.15) is 0 Å².